The van der Waals surface area contributed by atoms with Crippen molar-refractivity contribution in [3.05, 3.63) is 35.4 Å². The molecule has 0 saturated carbocycles. The van der Waals surface area contributed by atoms with Crippen molar-refractivity contribution in [2.45, 2.75) is 12.7 Å². The van der Waals surface area contributed by atoms with Gasteiger partial charge in [0, 0.05) is 33.7 Å². The molecule has 2 N–H and O–H groups in total. The molecule has 1 rings (SSSR count). The Morgan fingerprint density at radius 2 is 1.76 bits per heavy atom. The van der Waals surface area contributed by atoms with Crippen LogP contribution < -0.4 is 10.0 Å². The van der Waals surface area contributed by atoms with Crippen molar-refractivity contribution in [2.75, 3.05) is 33.4 Å². The van der Waals surface area contributed by atoms with Crippen LogP contribution in [-0.4, -0.2) is 52.7 Å². The average Bonchev–Trinajstić information content (AvgIpc) is 2.45. The normalized spacial score (nSPS) is 12.5. The monoisotopic (exact) mass is 494 g/mol. The summed E-state index contributed by atoms with van der Waals surface area (Å²) in [6.45, 7) is 0.889. The van der Waals surface area contributed by atoms with Gasteiger partial charge in [-0.05, 0) is 17.7 Å². The minimum absolute atomic E-state index is 0. The topological polar surface area (TPSA) is 73.8 Å². The van der Waals surface area contributed by atoms with Gasteiger partial charge in [0.1, 0.15) is 0 Å². The number of benzene rings is 1. The van der Waals surface area contributed by atoms with Crippen molar-refractivity contribution in [1.82, 2.24) is 14.9 Å². The van der Waals surface area contributed by atoms with E-state index in [1.807, 2.05) is 0 Å². The number of guanidine groups is 1. The van der Waals surface area contributed by atoms with E-state index in [0.29, 0.717) is 24.6 Å². The summed E-state index contributed by atoms with van der Waals surface area (Å²) in [5.41, 5.74) is 0.00553. The van der Waals surface area contributed by atoms with Crippen LogP contribution in [0.1, 0.15) is 11.1 Å². The van der Waals surface area contributed by atoms with Gasteiger partial charge in [-0.25, -0.2) is 13.1 Å². The van der Waals surface area contributed by atoms with Crippen LogP contribution in [0.2, 0.25) is 0 Å². The predicted octanol–water partition coefficient (Wildman–Crippen LogP) is 1.88. The number of nitrogens with one attached hydrogen (secondary N) is 2. The van der Waals surface area contributed by atoms with Crippen LogP contribution in [0.15, 0.2) is 29.3 Å². The van der Waals surface area contributed by atoms with Crippen molar-refractivity contribution in [1.29, 1.82) is 0 Å². The summed E-state index contributed by atoms with van der Waals surface area (Å²) in [7, 11) is 0.0491. The number of halogens is 4. The van der Waals surface area contributed by atoms with Crippen molar-refractivity contribution < 1.29 is 21.6 Å². The summed E-state index contributed by atoms with van der Waals surface area (Å²) in [6.07, 6.45) is -3.28. The van der Waals surface area contributed by atoms with E-state index in [4.69, 9.17) is 0 Å². The van der Waals surface area contributed by atoms with E-state index >= 15 is 0 Å². The maximum absolute atomic E-state index is 12.5. The van der Waals surface area contributed by atoms with Crippen LogP contribution in [0.4, 0.5) is 13.2 Å². The van der Waals surface area contributed by atoms with Crippen molar-refractivity contribution in [3.63, 3.8) is 0 Å². The molecule has 6 nitrogen and oxygen atoms in total. The molecule has 0 atom stereocenters. The summed E-state index contributed by atoms with van der Waals surface area (Å²) in [5, 5.41) is 2.97. The molecule has 11 heteroatoms. The van der Waals surface area contributed by atoms with Gasteiger partial charge < -0.3 is 10.2 Å². The van der Waals surface area contributed by atoms with Crippen molar-refractivity contribution in [3.8, 4) is 0 Å². The van der Waals surface area contributed by atoms with Gasteiger partial charge in [-0.1, -0.05) is 12.1 Å². The molecule has 0 aliphatic heterocycles. The van der Waals surface area contributed by atoms with E-state index in [1.165, 1.54) is 12.1 Å². The van der Waals surface area contributed by atoms with Crippen LogP contribution >= 0.6 is 24.0 Å². The molecule has 0 spiro atoms. The summed E-state index contributed by atoms with van der Waals surface area (Å²) < 4.78 is 61.9. The minimum Gasteiger partial charge on any atom is -0.355 e. The molecule has 144 valence electrons. The molecular formula is C14H22F3IN4O2S. The lowest BCUT2D eigenvalue weighted by Gasteiger charge is -2.22. The summed E-state index contributed by atoms with van der Waals surface area (Å²) in [5.74, 6) is 0.505. The first kappa shape index (κ1) is 23.9. The van der Waals surface area contributed by atoms with Crippen LogP contribution in [-0.2, 0) is 22.7 Å². The Hall–Kier alpha value is -1.08. The molecule has 0 aliphatic rings. The largest absolute Gasteiger partial charge is 0.416 e. The second-order valence-corrected chi connectivity index (χ2v) is 7.02. The molecule has 0 fully saturated rings. The Bertz CT molecular complexity index is 664. The maximum Gasteiger partial charge on any atom is 0.416 e. The zero-order chi connectivity index (χ0) is 18.4. The van der Waals surface area contributed by atoms with Gasteiger partial charge in [-0.3, -0.25) is 4.99 Å². The third-order valence-electron chi connectivity index (χ3n) is 3.05. The Morgan fingerprint density at radius 1 is 1.20 bits per heavy atom. The lowest BCUT2D eigenvalue weighted by atomic mass is 10.1. The van der Waals surface area contributed by atoms with Crippen molar-refractivity contribution >= 4 is 40.0 Å². The molecule has 0 aliphatic carbocycles. The summed E-state index contributed by atoms with van der Waals surface area (Å²) >= 11 is 0. The fourth-order valence-electron chi connectivity index (χ4n) is 1.94. The van der Waals surface area contributed by atoms with Gasteiger partial charge in [-0.15, -0.1) is 24.0 Å². The second-order valence-electron chi connectivity index (χ2n) is 5.19. The third-order valence-corrected chi connectivity index (χ3v) is 3.78. The Labute approximate surface area is 163 Å². The van der Waals surface area contributed by atoms with Crippen LogP contribution in [0.25, 0.3) is 0 Å². The molecule has 0 bridgehead atoms. The molecule has 0 heterocycles. The Balaban J connectivity index is 0.00000576. The highest BCUT2D eigenvalue weighted by molar-refractivity contribution is 14.0. The van der Waals surface area contributed by atoms with E-state index in [0.717, 1.165) is 18.4 Å². The zero-order valence-corrected chi connectivity index (χ0v) is 17.2. The molecule has 0 unspecified atom stereocenters. The van der Waals surface area contributed by atoms with Gasteiger partial charge in [-0.2, -0.15) is 13.2 Å². The number of hydrogen-bond donors (Lipinski definition) is 2. The highest BCUT2D eigenvalue weighted by Crippen LogP contribution is 2.29. The Kier molecular flexibility index (Phi) is 9.72. The van der Waals surface area contributed by atoms with Gasteiger partial charge in [0.05, 0.1) is 11.8 Å². The number of sulfonamides is 1. The first-order chi connectivity index (χ1) is 11.0. The second kappa shape index (κ2) is 10.2. The first-order valence-corrected chi connectivity index (χ1v) is 8.94. The van der Waals surface area contributed by atoms with Gasteiger partial charge in [0.15, 0.2) is 5.96 Å². The maximum atomic E-state index is 12.5. The standard InChI is InChI=1S/C14H21F3N4O2S.HI/c1-18-13(19-8-9-20-24(3,22)23)21(2)10-11-4-6-12(7-5-11)14(15,16)17;/h4-7,20H,8-10H2,1-3H3,(H,18,19);1H. The number of hydrogen-bond acceptors (Lipinski definition) is 3. The molecule has 0 radical (unpaired) electrons. The average molecular weight is 494 g/mol. The lowest BCUT2D eigenvalue weighted by molar-refractivity contribution is -0.137. The molecule has 1 aromatic carbocycles. The lowest BCUT2D eigenvalue weighted by Crippen LogP contribution is -2.42. The van der Waals surface area contributed by atoms with E-state index in [2.05, 4.69) is 15.0 Å². The summed E-state index contributed by atoms with van der Waals surface area (Å²) in [6, 6.07) is 4.90. The number of rotatable bonds is 6. The quantitative estimate of drug-likeness (QED) is 0.274. The van der Waals surface area contributed by atoms with E-state index in [9.17, 15) is 21.6 Å². The summed E-state index contributed by atoms with van der Waals surface area (Å²) in [4.78, 5) is 5.77. The first-order valence-electron chi connectivity index (χ1n) is 7.05. The number of alkyl halides is 3. The zero-order valence-electron chi connectivity index (χ0n) is 14.1. The van der Waals surface area contributed by atoms with Crippen molar-refractivity contribution in [2.24, 2.45) is 4.99 Å². The molecular weight excluding hydrogens is 472 g/mol. The predicted molar refractivity (Wildman–Crippen MR) is 103 cm³/mol. The highest BCUT2D eigenvalue weighted by atomic mass is 127. The third kappa shape index (κ3) is 9.26. The minimum atomic E-state index is -4.35. The molecule has 0 saturated heterocycles. The van der Waals surface area contributed by atoms with Gasteiger partial charge in [0.25, 0.3) is 0 Å². The fraction of sp³-hybridized carbons (Fsp3) is 0.500. The van der Waals surface area contributed by atoms with Crippen LogP contribution in [0.5, 0.6) is 0 Å². The smallest absolute Gasteiger partial charge is 0.355 e. The van der Waals surface area contributed by atoms with Crippen LogP contribution in [0.3, 0.4) is 0 Å². The van der Waals surface area contributed by atoms with Gasteiger partial charge >= 0.3 is 6.18 Å². The number of nitrogens with zero attached hydrogens (tertiary/aromatic N) is 2. The van der Waals surface area contributed by atoms with E-state index in [-0.39, 0.29) is 30.5 Å². The fourth-order valence-corrected chi connectivity index (χ4v) is 2.42. The molecule has 1 aromatic rings. The van der Waals surface area contributed by atoms with E-state index in [1.54, 1.807) is 19.0 Å². The van der Waals surface area contributed by atoms with E-state index < -0.39 is 21.8 Å². The SMILES string of the molecule is CN=C(NCCNS(C)(=O)=O)N(C)Cc1ccc(C(F)(F)F)cc1.I. The Morgan fingerprint density at radius 3 is 2.20 bits per heavy atom. The van der Waals surface area contributed by atoms with Gasteiger partial charge in [0.2, 0.25) is 10.0 Å². The molecule has 0 aromatic heterocycles. The highest BCUT2D eigenvalue weighted by Gasteiger charge is 2.29. The van der Waals surface area contributed by atoms with Crippen LogP contribution in [0, 0.1) is 0 Å². The molecule has 25 heavy (non-hydrogen) atoms. The molecule has 0 amide bonds. The number of aliphatic imine (C=N–C) groups is 1.